The van der Waals surface area contributed by atoms with Gasteiger partial charge in [-0.25, -0.2) is 4.39 Å². The number of aromatic nitrogens is 3. The number of aromatic amines is 1. The highest BCUT2D eigenvalue weighted by atomic mass is 35.5. The van der Waals surface area contributed by atoms with E-state index in [1.54, 1.807) is 24.3 Å². The van der Waals surface area contributed by atoms with Crippen LogP contribution in [0.15, 0.2) is 72.8 Å². The largest absolute Gasteiger partial charge is 0.323 e. The summed E-state index contributed by atoms with van der Waals surface area (Å²) in [4.78, 5) is 4.48. The Hall–Kier alpha value is -3.18. The molecule has 0 bridgehead atoms. The minimum Gasteiger partial charge on any atom is -0.323 e. The molecule has 140 valence electrons. The van der Waals surface area contributed by atoms with Crippen LogP contribution in [0.4, 0.5) is 16.0 Å². The van der Waals surface area contributed by atoms with Gasteiger partial charge in [-0.2, -0.15) is 4.98 Å². The molecule has 0 saturated carbocycles. The van der Waals surface area contributed by atoms with E-state index in [2.05, 4.69) is 20.5 Å². The maximum Gasteiger partial charge on any atom is 0.246 e. The Kier molecular flexibility index (Phi) is 5.08. The molecule has 0 amide bonds. The zero-order chi connectivity index (χ0) is 19.5. The summed E-state index contributed by atoms with van der Waals surface area (Å²) >= 11 is 5.99. The highest BCUT2D eigenvalue weighted by Gasteiger charge is 2.16. The van der Waals surface area contributed by atoms with E-state index in [1.807, 2.05) is 55.5 Å². The van der Waals surface area contributed by atoms with E-state index in [0.717, 1.165) is 16.8 Å². The molecule has 4 nitrogen and oxygen atoms in total. The Bertz CT molecular complexity index is 1090. The number of hydrogen-bond acceptors (Lipinski definition) is 3. The third-order valence-electron chi connectivity index (χ3n) is 4.57. The molecule has 4 aromatic rings. The first-order chi connectivity index (χ1) is 13.6. The summed E-state index contributed by atoms with van der Waals surface area (Å²) in [6, 6.07) is 22.1. The number of hydrogen-bond donors (Lipinski definition) is 2. The van der Waals surface area contributed by atoms with E-state index in [0.29, 0.717) is 22.4 Å². The molecule has 0 aliphatic carbocycles. The van der Waals surface area contributed by atoms with Gasteiger partial charge in [-0.05, 0) is 35.4 Å². The molecule has 1 aromatic heterocycles. The van der Waals surface area contributed by atoms with Crippen molar-refractivity contribution in [2.75, 3.05) is 5.32 Å². The van der Waals surface area contributed by atoms with Gasteiger partial charge in [0.1, 0.15) is 11.6 Å². The first-order valence-corrected chi connectivity index (χ1v) is 9.28. The fourth-order valence-electron chi connectivity index (χ4n) is 3.03. The van der Waals surface area contributed by atoms with Crippen molar-refractivity contribution in [2.24, 2.45) is 0 Å². The maximum atomic E-state index is 14.7. The van der Waals surface area contributed by atoms with Crippen LogP contribution in [0, 0.1) is 5.82 Å². The summed E-state index contributed by atoms with van der Waals surface area (Å²) < 4.78 is 14.7. The van der Waals surface area contributed by atoms with Crippen molar-refractivity contribution in [1.82, 2.24) is 15.2 Å². The smallest absolute Gasteiger partial charge is 0.246 e. The van der Waals surface area contributed by atoms with Gasteiger partial charge < -0.3 is 5.32 Å². The summed E-state index contributed by atoms with van der Waals surface area (Å²) in [5.41, 5.74) is 3.05. The zero-order valence-corrected chi connectivity index (χ0v) is 15.9. The van der Waals surface area contributed by atoms with E-state index in [-0.39, 0.29) is 11.7 Å². The van der Waals surface area contributed by atoms with Gasteiger partial charge in [0.2, 0.25) is 5.95 Å². The fraction of sp³-hybridized carbons (Fsp3) is 0.0909. The lowest BCUT2D eigenvalue weighted by atomic mass is 9.96. The Morgan fingerprint density at radius 1 is 1.00 bits per heavy atom. The molecule has 2 N–H and O–H groups in total. The molecule has 0 saturated heterocycles. The molecule has 28 heavy (non-hydrogen) atoms. The first kappa shape index (κ1) is 18.2. The lowest BCUT2D eigenvalue weighted by Crippen LogP contribution is -2.00. The number of anilines is 2. The van der Waals surface area contributed by atoms with Crippen molar-refractivity contribution in [2.45, 2.75) is 12.8 Å². The minimum atomic E-state index is -0.257. The van der Waals surface area contributed by atoms with E-state index in [1.165, 1.54) is 0 Å². The van der Waals surface area contributed by atoms with Crippen molar-refractivity contribution in [1.29, 1.82) is 0 Å². The average Bonchev–Trinajstić information content (AvgIpc) is 3.16. The molecule has 6 heteroatoms. The van der Waals surface area contributed by atoms with E-state index < -0.39 is 0 Å². The summed E-state index contributed by atoms with van der Waals surface area (Å²) in [6.07, 6.45) is 0. The second-order valence-corrected chi connectivity index (χ2v) is 6.94. The van der Waals surface area contributed by atoms with Gasteiger partial charge in [0.05, 0.1) is 0 Å². The summed E-state index contributed by atoms with van der Waals surface area (Å²) in [6.45, 7) is 1.96. The third kappa shape index (κ3) is 3.89. The predicted octanol–water partition coefficient (Wildman–Crippen LogP) is 6.16. The maximum absolute atomic E-state index is 14.7. The Balaban J connectivity index is 1.54. The monoisotopic (exact) mass is 392 g/mol. The Morgan fingerprint density at radius 3 is 2.57 bits per heavy atom. The topological polar surface area (TPSA) is 53.6 Å². The molecule has 1 heterocycles. The molecule has 0 spiro atoms. The van der Waals surface area contributed by atoms with Crippen LogP contribution < -0.4 is 5.32 Å². The summed E-state index contributed by atoms with van der Waals surface area (Å²) in [5, 5.41) is 10.8. The van der Waals surface area contributed by atoms with Crippen LogP contribution in [-0.2, 0) is 0 Å². The lowest BCUT2D eigenvalue weighted by molar-refractivity contribution is 0.627. The molecular formula is C22H18ClFN4. The molecule has 3 aromatic carbocycles. The highest BCUT2D eigenvalue weighted by Crippen LogP contribution is 2.28. The van der Waals surface area contributed by atoms with Crippen molar-refractivity contribution >= 4 is 23.2 Å². The molecule has 0 radical (unpaired) electrons. The molecular weight excluding hydrogens is 375 g/mol. The number of nitrogens with zero attached hydrogens (tertiary/aromatic N) is 2. The van der Waals surface area contributed by atoms with Crippen LogP contribution in [0.1, 0.15) is 24.2 Å². The number of nitrogens with one attached hydrogen (secondary N) is 2. The first-order valence-electron chi connectivity index (χ1n) is 8.90. The molecule has 1 atom stereocenters. The highest BCUT2D eigenvalue weighted by molar-refractivity contribution is 6.30. The second kappa shape index (κ2) is 7.82. The van der Waals surface area contributed by atoms with Crippen LogP contribution >= 0.6 is 11.6 Å². The van der Waals surface area contributed by atoms with Crippen molar-refractivity contribution in [3.8, 4) is 11.1 Å². The van der Waals surface area contributed by atoms with E-state index >= 15 is 0 Å². The van der Waals surface area contributed by atoms with Gasteiger partial charge in [-0.1, -0.05) is 67.1 Å². The van der Waals surface area contributed by atoms with Gasteiger partial charge in [0.25, 0.3) is 0 Å². The molecule has 0 aliphatic heterocycles. The number of halogens is 2. The fourth-order valence-corrected chi connectivity index (χ4v) is 3.22. The quantitative estimate of drug-likeness (QED) is 0.427. The Labute approximate surface area is 167 Å². The van der Waals surface area contributed by atoms with Gasteiger partial charge in [-0.3, -0.25) is 5.10 Å². The van der Waals surface area contributed by atoms with Crippen molar-refractivity contribution in [3.05, 3.63) is 95.0 Å². The molecule has 0 aliphatic rings. The third-order valence-corrected chi connectivity index (χ3v) is 4.81. The summed E-state index contributed by atoms with van der Waals surface area (Å²) in [5.74, 6) is 0.691. The molecule has 4 rings (SSSR count). The van der Waals surface area contributed by atoms with Crippen LogP contribution in [-0.4, -0.2) is 15.2 Å². The van der Waals surface area contributed by atoms with Crippen LogP contribution in [0.25, 0.3) is 11.1 Å². The summed E-state index contributed by atoms with van der Waals surface area (Å²) in [7, 11) is 0. The normalized spacial score (nSPS) is 12.0. The number of rotatable bonds is 5. The van der Waals surface area contributed by atoms with Gasteiger partial charge in [0, 0.05) is 22.2 Å². The van der Waals surface area contributed by atoms with E-state index in [9.17, 15) is 4.39 Å². The van der Waals surface area contributed by atoms with Crippen molar-refractivity contribution < 1.29 is 4.39 Å². The standard InChI is InChI=1S/C22H18ClFN4/c1-14(16-10-11-19(20(24)12-16)15-6-3-2-4-7-15)21-26-22(28-27-21)25-18-9-5-8-17(23)13-18/h2-14H,1H3,(H2,25,26,27,28). The lowest BCUT2D eigenvalue weighted by Gasteiger charge is -2.11. The van der Waals surface area contributed by atoms with E-state index in [4.69, 9.17) is 11.6 Å². The zero-order valence-electron chi connectivity index (χ0n) is 15.2. The predicted molar refractivity (Wildman–Crippen MR) is 110 cm³/mol. The number of benzene rings is 3. The SMILES string of the molecule is CC(c1ccc(-c2ccccc2)c(F)c1)c1nc(Nc2cccc(Cl)c2)n[nH]1. The number of H-pyrrole nitrogens is 1. The van der Waals surface area contributed by atoms with Crippen molar-refractivity contribution in [3.63, 3.8) is 0 Å². The van der Waals surface area contributed by atoms with Crippen LogP contribution in [0.3, 0.4) is 0 Å². The van der Waals surface area contributed by atoms with Gasteiger partial charge in [-0.15, -0.1) is 5.10 Å². The van der Waals surface area contributed by atoms with Gasteiger partial charge >= 0.3 is 0 Å². The van der Waals surface area contributed by atoms with Gasteiger partial charge in [0.15, 0.2) is 0 Å². The molecule has 0 fully saturated rings. The second-order valence-electron chi connectivity index (χ2n) is 6.51. The Morgan fingerprint density at radius 2 is 1.82 bits per heavy atom. The minimum absolute atomic E-state index is 0.137. The van der Waals surface area contributed by atoms with Crippen LogP contribution in [0.5, 0.6) is 0 Å². The van der Waals surface area contributed by atoms with Crippen LogP contribution in [0.2, 0.25) is 5.02 Å². The molecule has 1 unspecified atom stereocenters. The average molecular weight is 393 g/mol.